The van der Waals surface area contributed by atoms with E-state index < -0.39 is 5.91 Å². The molecule has 184 valence electrons. The van der Waals surface area contributed by atoms with Gasteiger partial charge >= 0.3 is 0 Å². The van der Waals surface area contributed by atoms with Crippen LogP contribution in [0.2, 0.25) is 0 Å². The topological polar surface area (TPSA) is 104 Å². The first-order chi connectivity index (χ1) is 17.4. The Morgan fingerprint density at radius 2 is 1.83 bits per heavy atom. The summed E-state index contributed by atoms with van der Waals surface area (Å²) in [5, 5.41) is 24.3. The molecule has 1 aliphatic heterocycles. The first-order valence-electron chi connectivity index (χ1n) is 12.1. The summed E-state index contributed by atoms with van der Waals surface area (Å²) >= 11 is 0. The van der Waals surface area contributed by atoms with E-state index in [9.17, 15) is 20.2 Å². The molecule has 0 spiro atoms. The molecular formula is C28H29N5O3. The summed E-state index contributed by atoms with van der Waals surface area (Å²) in [5.41, 5.74) is 4.68. The Hall–Kier alpha value is -4.38. The van der Waals surface area contributed by atoms with E-state index in [1.807, 2.05) is 73.0 Å². The Morgan fingerprint density at radius 1 is 1.11 bits per heavy atom. The van der Waals surface area contributed by atoms with Crippen LogP contribution in [0.15, 0.2) is 60.2 Å². The number of piperidine rings is 1. The maximum Gasteiger partial charge on any atom is 0.294 e. The van der Waals surface area contributed by atoms with Gasteiger partial charge in [-0.1, -0.05) is 30.3 Å². The number of nitro groups is 1. The van der Waals surface area contributed by atoms with E-state index in [-0.39, 0.29) is 16.2 Å². The number of hydrogen-bond donors (Lipinski definition) is 1. The molecule has 0 radical (unpaired) electrons. The van der Waals surface area contributed by atoms with Crippen molar-refractivity contribution in [2.45, 2.75) is 39.7 Å². The molecule has 36 heavy (non-hydrogen) atoms. The van der Waals surface area contributed by atoms with E-state index in [1.165, 1.54) is 0 Å². The number of aryl methyl sites for hydroxylation is 1. The van der Waals surface area contributed by atoms with Crippen LogP contribution in [0, 0.1) is 35.3 Å². The molecule has 2 aromatic carbocycles. The zero-order chi connectivity index (χ0) is 25.7. The van der Waals surface area contributed by atoms with Crippen molar-refractivity contribution in [1.82, 2.24) is 9.88 Å². The summed E-state index contributed by atoms with van der Waals surface area (Å²) in [4.78, 5) is 26.3. The number of nitro benzene ring substituents is 1. The van der Waals surface area contributed by atoms with E-state index in [2.05, 4.69) is 10.2 Å². The lowest BCUT2D eigenvalue weighted by Crippen LogP contribution is -2.30. The van der Waals surface area contributed by atoms with Crippen molar-refractivity contribution < 1.29 is 9.72 Å². The van der Waals surface area contributed by atoms with Gasteiger partial charge in [0.1, 0.15) is 17.3 Å². The van der Waals surface area contributed by atoms with Crippen LogP contribution in [0.25, 0.3) is 11.8 Å². The van der Waals surface area contributed by atoms with Crippen LogP contribution in [-0.4, -0.2) is 28.5 Å². The fraction of sp³-hybridized carbons (Fsp3) is 0.286. The number of nitrogens with one attached hydrogen (secondary N) is 1. The second-order valence-electron chi connectivity index (χ2n) is 8.98. The first-order valence-corrected chi connectivity index (χ1v) is 12.1. The third-order valence-electron chi connectivity index (χ3n) is 6.54. The SMILES string of the molecule is Cc1cc(/C=C(/C#N)C(=O)NCc2ccccc2)c(C)n1-c1ccc(N2CCCCC2)c([N+](=O)[O-])c1. The quantitative estimate of drug-likeness (QED) is 0.215. The molecule has 0 atom stereocenters. The predicted octanol–water partition coefficient (Wildman–Crippen LogP) is 5.22. The number of nitriles is 1. The zero-order valence-electron chi connectivity index (χ0n) is 20.5. The van der Waals surface area contributed by atoms with Gasteiger partial charge < -0.3 is 14.8 Å². The molecule has 1 aliphatic rings. The number of carbonyl (C=O) groups is 1. The highest BCUT2D eigenvalue weighted by molar-refractivity contribution is 6.01. The molecule has 0 saturated carbocycles. The Balaban J connectivity index is 1.62. The van der Waals surface area contributed by atoms with Crippen molar-refractivity contribution in [3.05, 3.63) is 92.8 Å². The summed E-state index contributed by atoms with van der Waals surface area (Å²) in [7, 11) is 0. The van der Waals surface area contributed by atoms with E-state index in [1.54, 1.807) is 12.1 Å². The lowest BCUT2D eigenvalue weighted by atomic mass is 10.1. The maximum absolute atomic E-state index is 12.6. The van der Waals surface area contributed by atoms with Crippen LogP contribution in [0.5, 0.6) is 0 Å². The fourth-order valence-corrected chi connectivity index (χ4v) is 4.71. The molecule has 3 aromatic rings. The second-order valence-corrected chi connectivity index (χ2v) is 8.98. The second kappa shape index (κ2) is 10.9. The van der Waals surface area contributed by atoms with Crippen molar-refractivity contribution in [3.8, 4) is 11.8 Å². The summed E-state index contributed by atoms with van der Waals surface area (Å²) in [6.07, 6.45) is 4.78. The van der Waals surface area contributed by atoms with E-state index in [4.69, 9.17) is 0 Å². The Kier molecular flexibility index (Phi) is 7.50. The number of rotatable bonds is 7. The number of carbonyl (C=O) groups excluding carboxylic acids is 1. The summed E-state index contributed by atoms with van der Waals surface area (Å²) in [6, 6.07) is 18.7. The molecule has 1 aromatic heterocycles. The highest BCUT2D eigenvalue weighted by Crippen LogP contribution is 2.34. The molecule has 0 aliphatic carbocycles. The average Bonchev–Trinajstić information content (AvgIpc) is 3.18. The van der Waals surface area contributed by atoms with Gasteiger partial charge in [-0.05, 0) is 68.5 Å². The van der Waals surface area contributed by atoms with Crippen LogP contribution < -0.4 is 10.2 Å². The van der Waals surface area contributed by atoms with Gasteiger partial charge in [0, 0.05) is 37.1 Å². The summed E-state index contributed by atoms with van der Waals surface area (Å²) in [6.45, 7) is 5.74. The van der Waals surface area contributed by atoms with Crippen molar-refractivity contribution >= 4 is 23.4 Å². The normalized spacial score (nSPS) is 13.8. The van der Waals surface area contributed by atoms with Gasteiger partial charge in [0.15, 0.2) is 0 Å². The highest BCUT2D eigenvalue weighted by Gasteiger charge is 2.23. The summed E-state index contributed by atoms with van der Waals surface area (Å²) in [5.74, 6) is -0.451. The molecular weight excluding hydrogens is 454 g/mol. The summed E-state index contributed by atoms with van der Waals surface area (Å²) < 4.78 is 1.91. The van der Waals surface area contributed by atoms with Crippen molar-refractivity contribution in [2.75, 3.05) is 18.0 Å². The molecule has 1 N–H and O–H groups in total. The molecule has 1 fully saturated rings. The third kappa shape index (κ3) is 5.31. The van der Waals surface area contributed by atoms with Crippen LogP contribution in [0.3, 0.4) is 0 Å². The van der Waals surface area contributed by atoms with E-state index in [0.29, 0.717) is 23.5 Å². The lowest BCUT2D eigenvalue weighted by molar-refractivity contribution is -0.384. The minimum atomic E-state index is -0.451. The lowest BCUT2D eigenvalue weighted by Gasteiger charge is -2.28. The smallest absolute Gasteiger partial charge is 0.294 e. The monoisotopic (exact) mass is 483 g/mol. The number of benzene rings is 2. The minimum absolute atomic E-state index is 0.00221. The van der Waals surface area contributed by atoms with Crippen molar-refractivity contribution in [2.24, 2.45) is 0 Å². The number of anilines is 1. The van der Waals surface area contributed by atoms with Crippen molar-refractivity contribution in [3.63, 3.8) is 0 Å². The van der Waals surface area contributed by atoms with Gasteiger partial charge in [-0.25, -0.2) is 0 Å². The molecule has 4 rings (SSSR count). The molecule has 1 saturated heterocycles. The first kappa shape index (κ1) is 24.7. The van der Waals surface area contributed by atoms with E-state index >= 15 is 0 Å². The molecule has 1 amide bonds. The minimum Gasteiger partial charge on any atom is -0.366 e. The number of nitrogens with zero attached hydrogens (tertiary/aromatic N) is 4. The molecule has 2 heterocycles. The predicted molar refractivity (Wildman–Crippen MR) is 140 cm³/mol. The molecule has 0 unspecified atom stereocenters. The van der Waals surface area contributed by atoms with Gasteiger partial charge in [-0.15, -0.1) is 0 Å². The average molecular weight is 484 g/mol. The fourth-order valence-electron chi connectivity index (χ4n) is 4.71. The van der Waals surface area contributed by atoms with Crippen LogP contribution in [0.1, 0.15) is 41.8 Å². The zero-order valence-corrected chi connectivity index (χ0v) is 20.5. The van der Waals surface area contributed by atoms with Crippen LogP contribution in [-0.2, 0) is 11.3 Å². The Bertz CT molecular complexity index is 1350. The highest BCUT2D eigenvalue weighted by atomic mass is 16.6. The van der Waals surface area contributed by atoms with Gasteiger partial charge in [-0.2, -0.15) is 5.26 Å². The number of amides is 1. The standard InChI is InChI=1S/C28H29N5O3/c1-20-15-23(16-24(18-29)28(34)30-19-22-9-5-3-6-10-22)21(2)32(20)25-11-12-26(27(17-25)33(35)36)31-13-7-4-8-14-31/h3,5-6,9-12,15-17H,4,7-8,13-14,19H2,1-2H3,(H,30,34)/b24-16-. The van der Waals surface area contributed by atoms with Gasteiger partial charge in [-0.3, -0.25) is 14.9 Å². The molecule has 8 nitrogen and oxygen atoms in total. The molecule has 0 bridgehead atoms. The van der Waals surface area contributed by atoms with Crippen LogP contribution >= 0.6 is 0 Å². The van der Waals surface area contributed by atoms with Gasteiger partial charge in [0.05, 0.1) is 10.6 Å². The van der Waals surface area contributed by atoms with Gasteiger partial charge in [0.25, 0.3) is 11.6 Å². The Labute approximate surface area is 210 Å². The van der Waals surface area contributed by atoms with Crippen molar-refractivity contribution in [1.29, 1.82) is 5.26 Å². The molecule has 8 heteroatoms. The van der Waals surface area contributed by atoms with Gasteiger partial charge in [0.2, 0.25) is 0 Å². The Morgan fingerprint density at radius 3 is 2.50 bits per heavy atom. The number of aromatic nitrogens is 1. The van der Waals surface area contributed by atoms with Crippen LogP contribution in [0.4, 0.5) is 11.4 Å². The largest absolute Gasteiger partial charge is 0.366 e. The third-order valence-corrected chi connectivity index (χ3v) is 6.54. The maximum atomic E-state index is 12.6. The number of hydrogen-bond acceptors (Lipinski definition) is 5. The van der Waals surface area contributed by atoms with E-state index in [0.717, 1.165) is 49.3 Å².